The molecule has 0 fully saturated rings. The zero-order chi connectivity index (χ0) is 27.1. The lowest BCUT2D eigenvalue weighted by Gasteiger charge is -2.18. The van der Waals surface area contributed by atoms with E-state index in [0.717, 1.165) is 70.6 Å². The molecule has 0 unspecified atom stereocenters. The highest BCUT2D eigenvalue weighted by molar-refractivity contribution is 5.81. The summed E-state index contributed by atoms with van der Waals surface area (Å²) in [7, 11) is 0. The maximum absolute atomic E-state index is 10.4. The first-order chi connectivity index (χ1) is 18.9. The average molecular weight is 522 g/mol. The van der Waals surface area contributed by atoms with E-state index in [1.807, 2.05) is 18.2 Å². The fraction of sp³-hybridized carbons (Fsp3) is 0.387. The molecule has 3 heterocycles. The Labute approximate surface area is 228 Å². The molecule has 2 atom stereocenters. The van der Waals surface area contributed by atoms with E-state index in [1.54, 1.807) is 0 Å². The highest BCUT2D eigenvalue weighted by Crippen LogP contribution is 2.40. The Kier molecular flexibility index (Phi) is 6.73. The molecule has 39 heavy (non-hydrogen) atoms. The number of H-pyrrole nitrogens is 1. The second-order valence-corrected chi connectivity index (χ2v) is 11.0. The molecule has 0 spiro atoms. The highest BCUT2D eigenvalue weighted by atomic mass is 16.3. The zero-order valence-electron chi connectivity index (χ0n) is 23.0. The molecule has 0 saturated heterocycles. The Balaban J connectivity index is 1.38. The largest absolute Gasteiger partial charge is 0.393 e. The Hall–Kier alpha value is -3.91. The van der Waals surface area contributed by atoms with E-state index in [0.29, 0.717) is 12.2 Å². The van der Waals surface area contributed by atoms with Crippen LogP contribution >= 0.6 is 0 Å². The molecule has 0 bridgehead atoms. The number of tetrazole rings is 1. The van der Waals surface area contributed by atoms with Crippen molar-refractivity contribution in [1.29, 1.82) is 0 Å². The van der Waals surface area contributed by atoms with E-state index in [2.05, 4.69) is 83.2 Å². The molecule has 2 N–H and O–H groups in total. The zero-order valence-corrected chi connectivity index (χ0v) is 23.0. The van der Waals surface area contributed by atoms with Crippen LogP contribution in [0.4, 0.5) is 0 Å². The average Bonchev–Trinajstić information content (AvgIpc) is 3.70. The van der Waals surface area contributed by atoms with Crippen LogP contribution in [0.2, 0.25) is 0 Å². The lowest BCUT2D eigenvalue weighted by molar-refractivity contribution is 0.116. The van der Waals surface area contributed by atoms with Gasteiger partial charge in [-0.15, -0.1) is 10.2 Å². The van der Waals surface area contributed by atoms with Gasteiger partial charge in [-0.3, -0.25) is 0 Å². The number of benzene rings is 2. The van der Waals surface area contributed by atoms with Gasteiger partial charge >= 0.3 is 0 Å². The molecule has 8 heteroatoms. The Bertz CT molecular complexity index is 1620. The summed E-state index contributed by atoms with van der Waals surface area (Å²) in [5.41, 5.74) is 10.0. The van der Waals surface area contributed by atoms with E-state index in [-0.39, 0.29) is 18.1 Å². The van der Waals surface area contributed by atoms with E-state index in [1.165, 1.54) is 11.1 Å². The fourth-order valence-electron chi connectivity index (χ4n) is 5.90. The topological polar surface area (TPSA) is 105 Å². The first-order valence-corrected chi connectivity index (χ1v) is 14.0. The predicted molar refractivity (Wildman–Crippen MR) is 152 cm³/mol. The maximum atomic E-state index is 10.4. The molecular weight excluding hydrogens is 486 g/mol. The first kappa shape index (κ1) is 25.4. The van der Waals surface area contributed by atoms with Crippen LogP contribution in [0.1, 0.15) is 67.9 Å². The summed E-state index contributed by atoms with van der Waals surface area (Å²) in [5, 5.41) is 25.1. The van der Waals surface area contributed by atoms with Crippen molar-refractivity contribution in [3.8, 4) is 22.5 Å². The summed E-state index contributed by atoms with van der Waals surface area (Å²) in [4.78, 5) is 10.2. The molecular formula is C31H35N7O. The number of nitrogens with one attached hydrogen (secondary N) is 1. The van der Waals surface area contributed by atoms with Gasteiger partial charge < -0.3 is 9.67 Å². The third-order valence-electron chi connectivity index (χ3n) is 8.07. The summed E-state index contributed by atoms with van der Waals surface area (Å²) >= 11 is 0. The normalized spacial score (nSPS) is 15.8. The summed E-state index contributed by atoms with van der Waals surface area (Å²) in [6, 6.07) is 17.3. The molecule has 1 aliphatic rings. The minimum Gasteiger partial charge on any atom is -0.393 e. The van der Waals surface area contributed by atoms with Crippen molar-refractivity contribution in [2.45, 2.75) is 71.9 Å². The molecule has 0 aliphatic heterocycles. The summed E-state index contributed by atoms with van der Waals surface area (Å²) in [6.45, 7) is 8.41. The molecule has 3 aromatic heterocycles. The predicted octanol–water partition coefficient (Wildman–Crippen LogP) is 5.63. The van der Waals surface area contributed by atoms with E-state index in [9.17, 15) is 5.11 Å². The minimum absolute atomic E-state index is 0.199. The van der Waals surface area contributed by atoms with Crippen LogP contribution in [0.3, 0.4) is 0 Å². The molecule has 1 aliphatic carbocycles. The van der Waals surface area contributed by atoms with Crippen LogP contribution < -0.4 is 0 Å². The van der Waals surface area contributed by atoms with Gasteiger partial charge in [0.05, 0.1) is 12.1 Å². The smallest absolute Gasteiger partial charge is 0.205 e. The van der Waals surface area contributed by atoms with Crippen molar-refractivity contribution >= 4 is 11.2 Å². The Morgan fingerprint density at radius 3 is 2.64 bits per heavy atom. The van der Waals surface area contributed by atoms with Crippen LogP contribution in [0, 0.1) is 12.8 Å². The van der Waals surface area contributed by atoms with Gasteiger partial charge in [0.15, 0.2) is 5.65 Å². The van der Waals surface area contributed by atoms with Gasteiger partial charge in [-0.1, -0.05) is 63.2 Å². The lowest BCUT2D eigenvalue weighted by Crippen LogP contribution is -2.16. The quantitative estimate of drug-likeness (QED) is 0.274. The van der Waals surface area contributed by atoms with Gasteiger partial charge in [0.25, 0.3) is 0 Å². The van der Waals surface area contributed by atoms with Crippen molar-refractivity contribution in [1.82, 2.24) is 35.2 Å². The number of aliphatic hydroxyl groups excluding tert-OH is 1. The lowest BCUT2D eigenvalue weighted by atomic mass is 9.96. The van der Waals surface area contributed by atoms with Crippen molar-refractivity contribution in [2.24, 2.45) is 5.92 Å². The second kappa shape index (κ2) is 10.3. The third-order valence-corrected chi connectivity index (χ3v) is 8.07. The molecule has 2 aromatic carbocycles. The standard InChI is InChI=1S/C31H35N7O/c1-5-28-33-29-19(4)16-22(12-15-27(39)18(2)3)32-31(29)38(28)26-14-11-21-17-20(10-13-24(21)26)23-8-6-7-9-25(23)30-34-36-37-35-30/h6-10,13,16-18,26-27,39H,5,11-12,14-15H2,1-4H3,(H,34,35,36,37)/t26-,27+/m0/s1. The molecule has 0 amide bonds. The van der Waals surface area contributed by atoms with Gasteiger partial charge in [0, 0.05) is 17.7 Å². The van der Waals surface area contributed by atoms with E-state index in [4.69, 9.17) is 9.97 Å². The van der Waals surface area contributed by atoms with Crippen molar-refractivity contribution in [2.75, 3.05) is 0 Å². The number of aromatic amines is 1. The van der Waals surface area contributed by atoms with Crippen molar-refractivity contribution in [3.63, 3.8) is 0 Å². The number of aryl methyl sites for hydroxylation is 4. The number of hydrogen-bond acceptors (Lipinski definition) is 6. The van der Waals surface area contributed by atoms with Crippen LogP contribution in [-0.2, 0) is 19.3 Å². The van der Waals surface area contributed by atoms with Gasteiger partial charge in [-0.25, -0.2) is 9.97 Å². The van der Waals surface area contributed by atoms with Gasteiger partial charge in [-0.2, -0.15) is 5.21 Å². The Morgan fingerprint density at radius 1 is 1.08 bits per heavy atom. The van der Waals surface area contributed by atoms with Gasteiger partial charge in [0.2, 0.25) is 5.82 Å². The minimum atomic E-state index is -0.319. The fourth-order valence-corrected chi connectivity index (χ4v) is 5.90. The van der Waals surface area contributed by atoms with Crippen molar-refractivity contribution in [3.05, 3.63) is 76.7 Å². The molecule has 6 rings (SSSR count). The number of pyridine rings is 1. The molecule has 0 radical (unpaired) electrons. The van der Waals surface area contributed by atoms with E-state index < -0.39 is 0 Å². The monoisotopic (exact) mass is 521 g/mol. The maximum Gasteiger partial charge on any atom is 0.205 e. The van der Waals surface area contributed by atoms with Crippen LogP contribution in [0.5, 0.6) is 0 Å². The van der Waals surface area contributed by atoms with Crippen LogP contribution in [-0.4, -0.2) is 46.4 Å². The van der Waals surface area contributed by atoms with Gasteiger partial charge in [0.1, 0.15) is 11.3 Å². The SMILES string of the molecule is CCc1nc2c(C)cc(CC[C@@H](O)C(C)C)nc2n1[C@H]1CCc2cc(-c3ccccc3-c3nn[nH]n3)ccc21. The number of nitrogens with zero attached hydrogens (tertiary/aromatic N) is 6. The summed E-state index contributed by atoms with van der Waals surface area (Å²) in [6.07, 6.45) is 4.01. The summed E-state index contributed by atoms with van der Waals surface area (Å²) < 4.78 is 2.38. The van der Waals surface area contributed by atoms with Crippen LogP contribution in [0.15, 0.2) is 48.5 Å². The second-order valence-electron chi connectivity index (χ2n) is 11.0. The molecule has 0 saturated carbocycles. The number of aliphatic hydroxyl groups is 1. The van der Waals surface area contributed by atoms with Gasteiger partial charge in [-0.05, 0) is 77.6 Å². The highest BCUT2D eigenvalue weighted by Gasteiger charge is 2.29. The molecule has 5 aromatic rings. The Morgan fingerprint density at radius 2 is 1.90 bits per heavy atom. The van der Waals surface area contributed by atoms with E-state index >= 15 is 0 Å². The number of hydrogen-bond donors (Lipinski definition) is 2. The number of rotatable bonds is 8. The molecule has 200 valence electrons. The number of imidazole rings is 1. The third kappa shape index (κ3) is 4.63. The van der Waals surface area contributed by atoms with Crippen molar-refractivity contribution < 1.29 is 5.11 Å². The number of fused-ring (bicyclic) bond motifs is 2. The van der Waals surface area contributed by atoms with Crippen LogP contribution in [0.25, 0.3) is 33.7 Å². The molecule has 8 nitrogen and oxygen atoms in total. The summed E-state index contributed by atoms with van der Waals surface area (Å²) in [5.74, 6) is 1.91. The first-order valence-electron chi connectivity index (χ1n) is 14.0. The number of aromatic nitrogens is 7.